The molecule has 9 nitrogen and oxygen atoms in total. The minimum absolute atomic E-state index is 0.184. The molecule has 1 N–H and O–H groups in total. The van der Waals surface area contributed by atoms with Crippen LogP contribution in [0.2, 0.25) is 0 Å². The Bertz CT molecular complexity index is 1200. The molecule has 0 aromatic heterocycles. The topological polar surface area (TPSA) is 108 Å². The van der Waals surface area contributed by atoms with Crippen LogP contribution in [0, 0.1) is 0 Å². The summed E-state index contributed by atoms with van der Waals surface area (Å²) in [6, 6.07) is 0. The van der Waals surface area contributed by atoms with Crippen LogP contribution in [0.15, 0.2) is 60.8 Å². The minimum atomic E-state index is -1.51. The third-order valence-corrected chi connectivity index (χ3v) is 10.5. The van der Waals surface area contributed by atoms with E-state index in [9.17, 15) is 19.5 Å². The summed E-state index contributed by atoms with van der Waals surface area (Å²) in [4.78, 5) is 37.2. The molecule has 0 fully saturated rings. The second-order valence-electron chi connectivity index (χ2n) is 17.8. The van der Waals surface area contributed by atoms with Gasteiger partial charge in [0.2, 0.25) is 0 Å². The van der Waals surface area contributed by atoms with Crippen molar-refractivity contribution >= 4 is 17.9 Å². The van der Waals surface area contributed by atoms with Gasteiger partial charge in [0.1, 0.15) is 13.2 Å². The Balaban J connectivity index is 4.31. The molecule has 0 aliphatic carbocycles. The Morgan fingerprint density at radius 1 is 0.500 bits per heavy atom. The van der Waals surface area contributed by atoms with Gasteiger partial charge in [-0.25, -0.2) is 4.79 Å². The smallest absolute Gasteiger partial charge is 0.361 e. The van der Waals surface area contributed by atoms with Gasteiger partial charge in [-0.2, -0.15) is 0 Å². The average molecular weight is 873 g/mol. The van der Waals surface area contributed by atoms with Gasteiger partial charge in [-0.1, -0.05) is 190 Å². The lowest BCUT2D eigenvalue weighted by Crippen LogP contribution is -2.40. The fraction of sp³-hybridized carbons (Fsp3) is 0.755. The second kappa shape index (κ2) is 44.6. The Morgan fingerprint density at radius 3 is 1.37 bits per heavy atom. The van der Waals surface area contributed by atoms with E-state index >= 15 is 0 Å². The monoisotopic (exact) mass is 873 g/mol. The van der Waals surface area contributed by atoms with Crippen LogP contribution in [0.3, 0.4) is 0 Å². The Labute approximate surface area is 380 Å². The molecule has 62 heavy (non-hydrogen) atoms. The molecule has 0 aromatic carbocycles. The molecule has 9 heteroatoms. The first-order valence-corrected chi connectivity index (χ1v) is 25.0. The number of nitrogens with zero attached hydrogens (tertiary/aromatic N) is 1. The quantitative estimate of drug-likeness (QED) is 0.0212. The van der Waals surface area contributed by atoms with Crippen LogP contribution in [-0.4, -0.2) is 87.4 Å². The van der Waals surface area contributed by atoms with Gasteiger partial charge in [0.05, 0.1) is 34.4 Å². The number of carbonyl (C=O) groups excluding carboxylic acids is 2. The maximum Gasteiger partial charge on any atom is 0.361 e. The van der Waals surface area contributed by atoms with Gasteiger partial charge >= 0.3 is 17.9 Å². The lowest BCUT2D eigenvalue weighted by Gasteiger charge is -2.25. The van der Waals surface area contributed by atoms with E-state index < -0.39 is 24.3 Å². The number of allylic oxidation sites excluding steroid dienone is 10. The van der Waals surface area contributed by atoms with Gasteiger partial charge in [-0.15, -0.1) is 0 Å². The van der Waals surface area contributed by atoms with E-state index in [1.165, 1.54) is 89.9 Å². The maximum atomic E-state index is 12.8. The zero-order valence-corrected chi connectivity index (χ0v) is 40.5. The van der Waals surface area contributed by atoms with E-state index in [0.29, 0.717) is 23.9 Å². The predicted octanol–water partition coefficient (Wildman–Crippen LogP) is 13.7. The summed E-state index contributed by atoms with van der Waals surface area (Å²) in [5.41, 5.74) is 0. The molecule has 0 saturated heterocycles. The summed E-state index contributed by atoms with van der Waals surface area (Å²) in [5.74, 6) is -2.01. The molecule has 0 aliphatic rings. The van der Waals surface area contributed by atoms with Crippen LogP contribution >= 0.6 is 0 Å². The van der Waals surface area contributed by atoms with E-state index in [0.717, 1.165) is 77.0 Å². The van der Waals surface area contributed by atoms with Crippen molar-refractivity contribution in [2.45, 2.75) is 212 Å². The van der Waals surface area contributed by atoms with Crippen LogP contribution in [0.5, 0.6) is 0 Å². The van der Waals surface area contributed by atoms with E-state index in [4.69, 9.17) is 18.9 Å². The molecule has 0 heterocycles. The summed E-state index contributed by atoms with van der Waals surface area (Å²) in [5, 5.41) is 9.65. The van der Waals surface area contributed by atoms with Crippen molar-refractivity contribution in [3.63, 3.8) is 0 Å². The number of ether oxygens (including phenoxy) is 4. The van der Waals surface area contributed by atoms with Crippen molar-refractivity contribution in [2.75, 3.05) is 47.5 Å². The van der Waals surface area contributed by atoms with Crippen LogP contribution in [0.1, 0.15) is 200 Å². The van der Waals surface area contributed by atoms with Gasteiger partial charge in [0, 0.05) is 12.8 Å². The standard InChI is InChI=1S/C53H93NO8/c1-6-8-10-12-14-16-18-20-21-22-23-24-25-26-27-28-29-30-31-32-34-36-38-40-42-44-51(56)62-49(48-61-53(52(57)58)59-46-45-54(3,4)5)47-60-50(55)43-41-39-37-35-33-19-17-15-13-11-9-7-2/h8,10,14,16,20-21,23-24,26-27,49,53H,6-7,9,11-13,15,17-19,22,25,28-48H2,1-5H3/p+1/b10-8-,16-14-,21-20-,24-23-,27-26-. The molecule has 0 radical (unpaired) electrons. The number of quaternary nitrogens is 1. The number of esters is 2. The molecular formula is C53H94NO8+. The van der Waals surface area contributed by atoms with Crippen LogP contribution in [-0.2, 0) is 33.3 Å². The number of carboxylic acids is 1. The van der Waals surface area contributed by atoms with Crippen molar-refractivity contribution in [1.82, 2.24) is 0 Å². The van der Waals surface area contributed by atoms with Gasteiger partial charge in [-0.3, -0.25) is 9.59 Å². The number of hydrogen-bond donors (Lipinski definition) is 1. The van der Waals surface area contributed by atoms with Crippen LogP contribution in [0.25, 0.3) is 0 Å². The fourth-order valence-corrected chi connectivity index (χ4v) is 6.69. The number of unbranched alkanes of at least 4 members (excludes halogenated alkanes) is 20. The molecule has 0 bridgehead atoms. The van der Waals surface area contributed by atoms with Gasteiger partial charge < -0.3 is 28.5 Å². The third kappa shape index (κ3) is 45.0. The lowest BCUT2D eigenvalue weighted by molar-refractivity contribution is -0.870. The third-order valence-electron chi connectivity index (χ3n) is 10.5. The van der Waals surface area contributed by atoms with Crippen molar-refractivity contribution in [1.29, 1.82) is 0 Å². The molecule has 358 valence electrons. The highest BCUT2D eigenvalue weighted by atomic mass is 16.7. The number of carboxylic acid groups (broad SMARTS) is 1. The second-order valence-corrected chi connectivity index (χ2v) is 17.8. The Morgan fingerprint density at radius 2 is 0.919 bits per heavy atom. The van der Waals surface area contributed by atoms with Gasteiger partial charge in [-0.05, 0) is 57.8 Å². The largest absolute Gasteiger partial charge is 0.477 e. The van der Waals surface area contributed by atoms with E-state index in [1.54, 1.807) is 0 Å². The molecular weight excluding hydrogens is 779 g/mol. The maximum absolute atomic E-state index is 12.8. The summed E-state index contributed by atoms with van der Waals surface area (Å²) in [7, 11) is 5.95. The normalized spacial score (nSPS) is 13.4. The molecule has 2 unspecified atom stereocenters. The predicted molar refractivity (Wildman–Crippen MR) is 258 cm³/mol. The van der Waals surface area contributed by atoms with E-state index in [2.05, 4.69) is 74.6 Å². The summed E-state index contributed by atoms with van der Waals surface area (Å²) >= 11 is 0. The first-order valence-electron chi connectivity index (χ1n) is 25.0. The lowest BCUT2D eigenvalue weighted by atomic mass is 10.0. The van der Waals surface area contributed by atoms with E-state index in [-0.39, 0.29) is 32.2 Å². The Hall–Kier alpha value is -3.01. The van der Waals surface area contributed by atoms with Crippen molar-refractivity contribution in [3.8, 4) is 0 Å². The van der Waals surface area contributed by atoms with Crippen molar-refractivity contribution in [2.24, 2.45) is 0 Å². The van der Waals surface area contributed by atoms with Crippen LogP contribution < -0.4 is 0 Å². The Kier molecular flexibility index (Phi) is 42.4. The molecule has 0 amide bonds. The van der Waals surface area contributed by atoms with Gasteiger partial charge in [0.15, 0.2) is 6.10 Å². The first-order chi connectivity index (χ1) is 30.1. The fourth-order valence-electron chi connectivity index (χ4n) is 6.69. The first kappa shape index (κ1) is 59.0. The molecule has 0 aliphatic heterocycles. The van der Waals surface area contributed by atoms with E-state index in [1.807, 2.05) is 21.1 Å². The minimum Gasteiger partial charge on any atom is -0.477 e. The number of aliphatic carboxylic acids is 1. The zero-order chi connectivity index (χ0) is 45.6. The molecule has 0 aromatic rings. The zero-order valence-electron chi connectivity index (χ0n) is 40.5. The molecule has 0 saturated carbocycles. The average Bonchev–Trinajstić information content (AvgIpc) is 3.23. The van der Waals surface area contributed by atoms with Gasteiger partial charge in [0.25, 0.3) is 6.29 Å². The molecule has 0 spiro atoms. The SMILES string of the molecule is CC/C=C\C/C=C\C/C=C\C/C=C\C/C=C\CCCCCCCCCCCC(=O)OC(COC(=O)CCCCCCCCCCCCCC)COC(OCC[N+](C)(C)C)C(=O)O. The summed E-state index contributed by atoms with van der Waals surface area (Å²) in [6.45, 7) is 4.75. The number of carbonyl (C=O) groups is 3. The number of hydrogen-bond acceptors (Lipinski definition) is 7. The number of likely N-dealkylation sites (N-methyl/N-ethyl adjacent to an activating group) is 1. The highest BCUT2D eigenvalue weighted by molar-refractivity contribution is 5.71. The summed E-state index contributed by atoms with van der Waals surface area (Å²) in [6.07, 6.45) is 51.4. The molecule has 2 atom stereocenters. The van der Waals surface area contributed by atoms with Crippen LogP contribution in [0.4, 0.5) is 0 Å². The highest BCUT2D eigenvalue weighted by Gasteiger charge is 2.25. The van der Waals surface area contributed by atoms with Crippen molar-refractivity contribution < 1.29 is 42.9 Å². The molecule has 0 rings (SSSR count). The highest BCUT2D eigenvalue weighted by Crippen LogP contribution is 2.15. The van der Waals surface area contributed by atoms with Crippen molar-refractivity contribution in [3.05, 3.63) is 60.8 Å². The summed E-state index contributed by atoms with van der Waals surface area (Å²) < 4.78 is 22.8. The number of rotatable bonds is 45.